The molecular weight excluding hydrogens is 532 g/mol. The normalized spacial score (nSPS) is 46.4. The molecule has 13 heteroatoms. The monoisotopic (exact) mass is 570 g/mol. The fourth-order valence-corrected chi connectivity index (χ4v) is 7.20. The number of methoxy groups -OCH3 is 1. The Hall–Kier alpha value is -2.29. The molecule has 40 heavy (non-hydrogen) atoms. The molecule has 4 fully saturated rings. The van der Waals surface area contributed by atoms with E-state index >= 15 is 0 Å². The molecule has 14 unspecified atom stereocenters. The van der Waals surface area contributed by atoms with E-state index in [2.05, 4.69) is 0 Å². The minimum atomic E-state index is -1.65. The number of hydrogen-bond donors (Lipinski definition) is 4. The van der Waals surface area contributed by atoms with Gasteiger partial charge in [0.2, 0.25) is 6.29 Å². The largest absolute Gasteiger partial charge is 0.472 e. The first-order valence-electron chi connectivity index (χ1n) is 13.8. The highest BCUT2D eigenvalue weighted by atomic mass is 16.8. The number of esters is 3. The third kappa shape index (κ3) is 5.01. The molecule has 0 aromatic heterocycles. The molecule has 5 rings (SSSR count). The van der Waals surface area contributed by atoms with Crippen molar-refractivity contribution >= 4 is 17.9 Å². The molecule has 2 aliphatic carbocycles. The van der Waals surface area contributed by atoms with Crippen LogP contribution in [0.2, 0.25) is 0 Å². The molecule has 0 radical (unpaired) electrons. The highest BCUT2D eigenvalue weighted by Crippen LogP contribution is 2.50. The summed E-state index contributed by atoms with van der Waals surface area (Å²) in [7, 11) is 1.24. The van der Waals surface area contributed by atoms with E-state index in [-0.39, 0.29) is 48.2 Å². The van der Waals surface area contributed by atoms with Crippen molar-refractivity contribution in [2.75, 3.05) is 20.3 Å². The summed E-state index contributed by atoms with van der Waals surface area (Å²) in [4.78, 5) is 38.3. The van der Waals surface area contributed by atoms with Gasteiger partial charge < -0.3 is 48.8 Å². The number of rotatable bonds is 6. The van der Waals surface area contributed by atoms with E-state index in [0.717, 1.165) is 12.8 Å². The summed E-state index contributed by atoms with van der Waals surface area (Å²) in [5, 5.41) is 40.2. The van der Waals surface area contributed by atoms with E-state index in [9.17, 15) is 34.8 Å². The zero-order valence-corrected chi connectivity index (χ0v) is 22.7. The van der Waals surface area contributed by atoms with Gasteiger partial charge in [0.25, 0.3) is 0 Å². The van der Waals surface area contributed by atoms with Gasteiger partial charge in [-0.3, -0.25) is 9.59 Å². The molecule has 0 aromatic rings. The maximum atomic E-state index is 13.4. The third-order valence-electron chi connectivity index (χ3n) is 9.52. The summed E-state index contributed by atoms with van der Waals surface area (Å²) in [6.45, 7) is 3.16. The average Bonchev–Trinajstić information content (AvgIpc) is 3.49. The Bertz CT molecular complexity index is 1010. The van der Waals surface area contributed by atoms with Crippen LogP contribution in [0, 0.1) is 41.4 Å². The van der Waals surface area contributed by atoms with Crippen LogP contribution in [0.3, 0.4) is 0 Å². The molecule has 2 saturated heterocycles. The van der Waals surface area contributed by atoms with E-state index in [1.54, 1.807) is 0 Å². The summed E-state index contributed by atoms with van der Waals surface area (Å²) < 4.78 is 33.4. The molecular formula is C27H38O13. The first kappa shape index (κ1) is 29.2. The molecule has 224 valence electrons. The standard InChI is InChI=1S/C27H38O13/c1-10-4-5-12-14(8-36-25(34)18(10)12)24(33)38-16-6-13-15(23(32)35-3)9-37-26(19(13)11(16)2)40-27-22(31)21(30)20(29)17(7-28)39-27/h9-14,16-22,26-31H,4-8H2,1-3H3. The molecule has 0 spiro atoms. The van der Waals surface area contributed by atoms with Gasteiger partial charge in [-0.05, 0) is 31.1 Å². The van der Waals surface area contributed by atoms with Crippen LogP contribution >= 0.6 is 0 Å². The lowest BCUT2D eigenvalue weighted by atomic mass is 9.80. The first-order chi connectivity index (χ1) is 19.1. The van der Waals surface area contributed by atoms with Gasteiger partial charge >= 0.3 is 17.9 Å². The summed E-state index contributed by atoms with van der Waals surface area (Å²) in [6, 6.07) is 0. The fraction of sp³-hybridized carbons (Fsp3) is 0.815. The number of carbonyl (C=O) groups is 3. The Morgan fingerprint density at radius 2 is 1.82 bits per heavy atom. The van der Waals surface area contributed by atoms with E-state index < -0.39 is 79.4 Å². The molecule has 0 amide bonds. The second kappa shape index (κ2) is 11.5. The zero-order chi connectivity index (χ0) is 28.9. The van der Waals surface area contributed by atoms with E-state index in [4.69, 9.17) is 28.4 Å². The summed E-state index contributed by atoms with van der Waals surface area (Å²) in [6.07, 6.45) is -6.14. The molecule has 0 aromatic carbocycles. The molecule has 13 nitrogen and oxygen atoms in total. The van der Waals surface area contributed by atoms with Crippen LogP contribution in [-0.2, 0) is 42.8 Å². The second-order valence-electron chi connectivity index (χ2n) is 11.6. The Kier molecular flexibility index (Phi) is 8.42. The van der Waals surface area contributed by atoms with Crippen molar-refractivity contribution in [3.8, 4) is 0 Å². The SMILES string of the molecule is COC(=O)C1=COC(OC2OC(CO)C(O)C(O)C2O)C2C1CC(OC(=O)C1COC(=O)C3C(C)CCC13)C2C. The van der Waals surface area contributed by atoms with Crippen molar-refractivity contribution in [2.45, 2.75) is 76.2 Å². The number of aliphatic hydroxyl groups excluding tert-OH is 4. The molecule has 2 saturated carbocycles. The maximum Gasteiger partial charge on any atom is 0.337 e. The molecule has 4 N–H and O–H groups in total. The number of fused-ring (bicyclic) bond motifs is 2. The minimum Gasteiger partial charge on any atom is -0.472 e. The minimum absolute atomic E-state index is 0.0290. The van der Waals surface area contributed by atoms with Crippen LogP contribution in [0.4, 0.5) is 0 Å². The van der Waals surface area contributed by atoms with Gasteiger partial charge in [0, 0.05) is 17.8 Å². The van der Waals surface area contributed by atoms with Crippen molar-refractivity contribution in [1.29, 1.82) is 0 Å². The lowest BCUT2D eigenvalue weighted by Gasteiger charge is -2.43. The summed E-state index contributed by atoms with van der Waals surface area (Å²) >= 11 is 0. The Balaban J connectivity index is 1.33. The van der Waals surface area contributed by atoms with Gasteiger partial charge in [-0.2, -0.15) is 0 Å². The molecule has 0 bridgehead atoms. The number of hydrogen-bond acceptors (Lipinski definition) is 13. The smallest absolute Gasteiger partial charge is 0.337 e. The first-order valence-corrected chi connectivity index (χ1v) is 13.8. The van der Waals surface area contributed by atoms with Gasteiger partial charge in [0.1, 0.15) is 37.1 Å². The Morgan fingerprint density at radius 1 is 1.07 bits per heavy atom. The summed E-state index contributed by atoms with van der Waals surface area (Å²) in [5.74, 6) is -3.67. The number of cyclic esters (lactones) is 1. The highest BCUT2D eigenvalue weighted by Gasteiger charge is 2.56. The number of aliphatic hydroxyl groups is 4. The Labute approximate surface area is 231 Å². The summed E-state index contributed by atoms with van der Waals surface area (Å²) in [5.41, 5.74) is 0.239. The van der Waals surface area contributed by atoms with Crippen molar-refractivity contribution in [3.05, 3.63) is 11.8 Å². The second-order valence-corrected chi connectivity index (χ2v) is 11.6. The molecule has 3 heterocycles. The van der Waals surface area contributed by atoms with Gasteiger partial charge in [-0.1, -0.05) is 13.8 Å². The van der Waals surface area contributed by atoms with Crippen molar-refractivity contribution in [2.24, 2.45) is 41.4 Å². The predicted molar refractivity (Wildman–Crippen MR) is 130 cm³/mol. The van der Waals surface area contributed by atoms with Crippen LogP contribution in [0.5, 0.6) is 0 Å². The quantitative estimate of drug-likeness (QED) is 0.231. The highest BCUT2D eigenvalue weighted by molar-refractivity contribution is 5.89. The van der Waals surface area contributed by atoms with Crippen molar-refractivity contribution in [1.82, 2.24) is 0 Å². The van der Waals surface area contributed by atoms with Crippen LogP contribution in [-0.4, -0.2) is 102 Å². The molecule has 3 aliphatic heterocycles. The topological polar surface area (TPSA) is 188 Å². The van der Waals surface area contributed by atoms with Crippen LogP contribution in [0.1, 0.15) is 33.1 Å². The predicted octanol–water partition coefficient (Wildman–Crippen LogP) is -0.765. The Morgan fingerprint density at radius 3 is 2.52 bits per heavy atom. The van der Waals surface area contributed by atoms with E-state index in [1.807, 2.05) is 13.8 Å². The average molecular weight is 571 g/mol. The van der Waals surface area contributed by atoms with Crippen LogP contribution < -0.4 is 0 Å². The lowest BCUT2D eigenvalue weighted by Crippen LogP contribution is -2.60. The van der Waals surface area contributed by atoms with E-state index in [0.29, 0.717) is 0 Å². The molecule has 14 atom stereocenters. The van der Waals surface area contributed by atoms with Gasteiger partial charge in [0.15, 0.2) is 6.29 Å². The van der Waals surface area contributed by atoms with Gasteiger partial charge in [-0.15, -0.1) is 0 Å². The van der Waals surface area contributed by atoms with Crippen LogP contribution in [0.15, 0.2) is 11.8 Å². The zero-order valence-electron chi connectivity index (χ0n) is 22.7. The van der Waals surface area contributed by atoms with E-state index in [1.165, 1.54) is 13.4 Å². The van der Waals surface area contributed by atoms with Crippen molar-refractivity contribution < 1.29 is 63.2 Å². The lowest BCUT2D eigenvalue weighted by molar-refractivity contribution is -0.342. The fourth-order valence-electron chi connectivity index (χ4n) is 7.20. The van der Waals surface area contributed by atoms with Gasteiger partial charge in [0.05, 0.1) is 37.4 Å². The van der Waals surface area contributed by atoms with Crippen molar-refractivity contribution in [3.63, 3.8) is 0 Å². The number of ether oxygens (including phenoxy) is 6. The van der Waals surface area contributed by atoms with Crippen LogP contribution in [0.25, 0.3) is 0 Å². The maximum absolute atomic E-state index is 13.4. The number of carbonyl (C=O) groups excluding carboxylic acids is 3. The van der Waals surface area contributed by atoms with Gasteiger partial charge in [-0.25, -0.2) is 4.79 Å². The molecule has 5 aliphatic rings. The third-order valence-corrected chi connectivity index (χ3v) is 9.52.